The lowest BCUT2D eigenvalue weighted by Gasteiger charge is -2.12. The van der Waals surface area contributed by atoms with Crippen molar-refractivity contribution in [3.63, 3.8) is 0 Å². The van der Waals surface area contributed by atoms with E-state index in [2.05, 4.69) is 0 Å². The Kier molecular flexibility index (Phi) is 2.58. The van der Waals surface area contributed by atoms with Crippen molar-refractivity contribution in [1.82, 2.24) is 0 Å². The molecule has 1 amide bonds. The minimum Gasteiger partial charge on any atom is -0.291 e. The van der Waals surface area contributed by atoms with Crippen LogP contribution in [0.3, 0.4) is 0 Å². The van der Waals surface area contributed by atoms with Crippen molar-refractivity contribution >= 4 is 17.4 Å². The summed E-state index contributed by atoms with van der Waals surface area (Å²) in [6, 6.07) is 4.11. The molecule has 1 aromatic rings. The molecule has 0 saturated carbocycles. The number of rotatable bonds is 1. The molecule has 0 bridgehead atoms. The number of carbonyl (C=O) groups excluding carboxylic acids is 2. The lowest BCUT2D eigenvalue weighted by molar-refractivity contribution is -0.137. The van der Waals surface area contributed by atoms with Gasteiger partial charge in [0.25, 0.3) is 11.7 Å². The average molecular weight is 254 g/mol. The van der Waals surface area contributed by atoms with Crippen LogP contribution in [-0.2, 0) is 11.0 Å². The van der Waals surface area contributed by atoms with E-state index >= 15 is 0 Å². The van der Waals surface area contributed by atoms with Gasteiger partial charge >= 0.3 is 6.18 Å². The van der Waals surface area contributed by atoms with Crippen molar-refractivity contribution in [1.29, 1.82) is 5.26 Å². The van der Waals surface area contributed by atoms with Crippen LogP contribution in [0.1, 0.15) is 15.9 Å². The molecule has 92 valence electrons. The van der Waals surface area contributed by atoms with E-state index < -0.39 is 23.4 Å². The summed E-state index contributed by atoms with van der Waals surface area (Å²) in [4.78, 5) is 23.8. The molecule has 4 nitrogen and oxygen atoms in total. The Labute approximate surface area is 99.2 Å². The molecular weight excluding hydrogens is 249 g/mol. The average Bonchev–Trinajstić information content (AvgIpc) is 2.54. The van der Waals surface area contributed by atoms with Crippen LogP contribution < -0.4 is 4.90 Å². The molecule has 0 aromatic heterocycles. The summed E-state index contributed by atoms with van der Waals surface area (Å²) < 4.78 is 37.4. The van der Waals surface area contributed by atoms with Crippen molar-refractivity contribution in [2.45, 2.75) is 6.18 Å². The predicted octanol–water partition coefficient (Wildman–Crippen LogP) is 1.76. The molecule has 0 fully saturated rings. The first-order valence-electron chi connectivity index (χ1n) is 4.80. The summed E-state index contributed by atoms with van der Waals surface area (Å²) in [5.41, 5.74) is -1.27. The van der Waals surface area contributed by atoms with Gasteiger partial charge in [-0.2, -0.15) is 18.4 Å². The molecular formula is C11H5F3N2O2. The molecule has 0 atom stereocenters. The first kappa shape index (κ1) is 12.1. The summed E-state index contributed by atoms with van der Waals surface area (Å²) in [6.45, 7) is -0.372. The van der Waals surface area contributed by atoms with Crippen LogP contribution in [0.15, 0.2) is 18.2 Å². The van der Waals surface area contributed by atoms with Crippen molar-refractivity contribution in [2.24, 2.45) is 0 Å². The van der Waals surface area contributed by atoms with Crippen LogP contribution in [0.2, 0.25) is 0 Å². The summed E-state index contributed by atoms with van der Waals surface area (Å²) in [7, 11) is 0. The molecule has 1 aromatic carbocycles. The van der Waals surface area contributed by atoms with Crippen LogP contribution >= 0.6 is 0 Å². The summed E-state index contributed by atoms with van der Waals surface area (Å²) in [5.74, 6) is -2.00. The van der Waals surface area contributed by atoms with Crippen molar-refractivity contribution in [3.05, 3.63) is 29.3 Å². The van der Waals surface area contributed by atoms with Crippen LogP contribution in [0.25, 0.3) is 0 Å². The number of nitriles is 1. The number of Topliss-reactive ketones (excluding diaryl/α,β-unsaturated/α-hetero) is 1. The van der Waals surface area contributed by atoms with Crippen molar-refractivity contribution in [3.8, 4) is 6.07 Å². The van der Waals surface area contributed by atoms with Crippen molar-refractivity contribution < 1.29 is 22.8 Å². The number of amides is 1. The molecule has 2 rings (SSSR count). The van der Waals surface area contributed by atoms with E-state index in [-0.39, 0.29) is 17.8 Å². The highest BCUT2D eigenvalue weighted by molar-refractivity contribution is 6.52. The SMILES string of the molecule is N#CCN1C(=O)C(=O)c2cc(C(F)(F)F)ccc21. The number of hydrogen-bond acceptors (Lipinski definition) is 3. The zero-order chi connectivity index (χ0) is 13.5. The van der Waals surface area contributed by atoms with E-state index in [1.807, 2.05) is 0 Å². The smallest absolute Gasteiger partial charge is 0.291 e. The number of nitrogens with zero attached hydrogens (tertiary/aromatic N) is 2. The Balaban J connectivity index is 2.54. The molecule has 0 saturated heterocycles. The molecule has 1 aliphatic heterocycles. The first-order valence-corrected chi connectivity index (χ1v) is 4.80. The van der Waals surface area contributed by atoms with Gasteiger partial charge in [0.1, 0.15) is 6.54 Å². The lowest BCUT2D eigenvalue weighted by Crippen LogP contribution is -2.29. The van der Waals surface area contributed by atoms with Crippen LogP contribution in [0.4, 0.5) is 18.9 Å². The van der Waals surface area contributed by atoms with Crippen LogP contribution in [0.5, 0.6) is 0 Å². The third-order valence-electron chi connectivity index (χ3n) is 2.53. The van der Waals surface area contributed by atoms with Gasteiger partial charge in [0.15, 0.2) is 0 Å². The fourth-order valence-corrected chi connectivity index (χ4v) is 1.70. The summed E-state index contributed by atoms with van der Waals surface area (Å²) in [5, 5.41) is 8.50. The van der Waals surface area contributed by atoms with E-state index in [0.717, 1.165) is 17.0 Å². The Bertz CT molecular complexity index is 587. The van der Waals surface area contributed by atoms with E-state index in [1.54, 1.807) is 6.07 Å². The summed E-state index contributed by atoms with van der Waals surface area (Å²) in [6.07, 6.45) is -4.58. The number of hydrogen-bond donors (Lipinski definition) is 0. The maximum atomic E-state index is 12.5. The third kappa shape index (κ3) is 1.72. The predicted molar refractivity (Wildman–Crippen MR) is 53.7 cm³/mol. The standard InChI is InChI=1S/C11H5F3N2O2/c12-11(13,14)6-1-2-8-7(5-6)9(17)10(18)16(8)4-3-15/h1-2,5H,4H2. The van der Waals surface area contributed by atoms with Gasteiger partial charge in [0, 0.05) is 0 Å². The van der Waals surface area contributed by atoms with Gasteiger partial charge in [-0.3, -0.25) is 14.5 Å². The van der Waals surface area contributed by atoms with Crippen LogP contribution in [-0.4, -0.2) is 18.2 Å². The van der Waals surface area contributed by atoms with E-state index in [0.29, 0.717) is 6.07 Å². The van der Waals surface area contributed by atoms with E-state index in [4.69, 9.17) is 5.26 Å². The van der Waals surface area contributed by atoms with Gasteiger partial charge in [-0.25, -0.2) is 0 Å². The fraction of sp³-hybridized carbons (Fsp3) is 0.182. The molecule has 0 N–H and O–H groups in total. The van der Waals surface area contributed by atoms with Gasteiger partial charge in [-0.05, 0) is 18.2 Å². The number of carbonyl (C=O) groups is 2. The molecule has 0 unspecified atom stereocenters. The molecule has 1 heterocycles. The second-order valence-corrected chi connectivity index (χ2v) is 3.61. The monoisotopic (exact) mass is 254 g/mol. The molecule has 1 aliphatic rings. The second kappa shape index (κ2) is 3.84. The van der Waals surface area contributed by atoms with E-state index in [9.17, 15) is 22.8 Å². The molecule has 0 spiro atoms. The Morgan fingerprint density at radius 2 is 1.94 bits per heavy atom. The number of anilines is 1. The topological polar surface area (TPSA) is 61.2 Å². The minimum atomic E-state index is -4.58. The van der Waals surface area contributed by atoms with Gasteiger partial charge in [0.2, 0.25) is 0 Å². The van der Waals surface area contributed by atoms with Crippen molar-refractivity contribution in [2.75, 3.05) is 11.4 Å². The zero-order valence-electron chi connectivity index (χ0n) is 8.78. The number of benzene rings is 1. The molecule has 0 radical (unpaired) electrons. The molecule has 0 aliphatic carbocycles. The number of ketones is 1. The highest BCUT2D eigenvalue weighted by Gasteiger charge is 2.39. The van der Waals surface area contributed by atoms with Gasteiger partial charge in [-0.15, -0.1) is 0 Å². The normalized spacial score (nSPS) is 14.7. The van der Waals surface area contributed by atoms with Gasteiger partial charge < -0.3 is 0 Å². The quantitative estimate of drug-likeness (QED) is 0.566. The van der Waals surface area contributed by atoms with Gasteiger partial charge in [-0.1, -0.05) is 0 Å². The summed E-state index contributed by atoms with van der Waals surface area (Å²) >= 11 is 0. The van der Waals surface area contributed by atoms with E-state index in [1.165, 1.54) is 0 Å². The maximum Gasteiger partial charge on any atom is 0.416 e. The van der Waals surface area contributed by atoms with Crippen LogP contribution in [0, 0.1) is 11.3 Å². The van der Waals surface area contributed by atoms with Gasteiger partial charge in [0.05, 0.1) is 22.9 Å². The lowest BCUT2D eigenvalue weighted by atomic mass is 10.1. The second-order valence-electron chi connectivity index (χ2n) is 3.61. The molecule has 18 heavy (non-hydrogen) atoms. The number of alkyl halides is 3. The fourth-order valence-electron chi connectivity index (χ4n) is 1.70. The Morgan fingerprint density at radius 1 is 1.28 bits per heavy atom. The Hall–Kier alpha value is -2.36. The Morgan fingerprint density at radius 3 is 2.50 bits per heavy atom. The number of fused-ring (bicyclic) bond motifs is 1. The highest BCUT2D eigenvalue weighted by atomic mass is 19.4. The maximum absolute atomic E-state index is 12.5. The minimum absolute atomic E-state index is 0.0413. The molecule has 7 heteroatoms. The zero-order valence-corrected chi connectivity index (χ0v) is 8.78. The highest BCUT2D eigenvalue weighted by Crippen LogP contribution is 2.35. The first-order chi connectivity index (χ1) is 8.36. The number of halogens is 3. The largest absolute Gasteiger partial charge is 0.416 e. The third-order valence-corrected chi connectivity index (χ3v) is 2.53.